The Labute approximate surface area is 248 Å². The number of rotatable bonds is 23. The Balaban J connectivity index is 2.05. The van der Waals surface area contributed by atoms with Crippen molar-refractivity contribution in [3.8, 4) is 0 Å². The van der Waals surface area contributed by atoms with Crippen molar-refractivity contribution in [2.75, 3.05) is 31.7 Å². The van der Waals surface area contributed by atoms with E-state index < -0.39 is 24.1 Å². The molecule has 4 amide bonds. The SMILES string of the molecule is CCCCCCCCCCCCCCCCCCNC(=O)OCC(CNC(=O)N(C(C)=O)c1ncccc1C)OC. The third kappa shape index (κ3) is 17.7. The Kier molecular flexibility index (Phi) is 21.2. The highest BCUT2D eigenvalue weighted by Crippen LogP contribution is 2.16. The standard InChI is InChI=1S/C32H56N4O5/c1-5-6-7-8-9-10-11-12-13-14-15-16-17-18-19-20-23-34-32(39)41-26-29(40-4)25-35-31(38)36(28(3)37)30-27(2)22-21-24-33-30/h21-22,24,29H,5-20,23,25-26H2,1-4H3,(H,34,39)(H,35,38). The number of nitrogens with one attached hydrogen (secondary N) is 2. The molecule has 0 aliphatic rings. The molecule has 1 atom stereocenters. The van der Waals surface area contributed by atoms with Crippen LogP contribution in [0.2, 0.25) is 0 Å². The Morgan fingerprint density at radius 1 is 0.854 bits per heavy atom. The number of amides is 4. The van der Waals surface area contributed by atoms with E-state index in [9.17, 15) is 14.4 Å². The minimum absolute atomic E-state index is 0.0236. The number of nitrogens with zero attached hydrogens (tertiary/aromatic N) is 2. The van der Waals surface area contributed by atoms with E-state index in [-0.39, 0.29) is 19.0 Å². The summed E-state index contributed by atoms with van der Waals surface area (Å²) in [5.74, 6) is -0.181. The van der Waals surface area contributed by atoms with Crippen LogP contribution in [0.4, 0.5) is 15.4 Å². The zero-order chi connectivity index (χ0) is 30.1. The summed E-state index contributed by atoms with van der Waals surface area (Å²) in [6.45, 7) is 5.96. The van der Waals surface area contributed by atoms with Crippen LogP contribution in [0.3, 0.4) is 0 Å². The van der Waals surface area contributed by atoms with Gasteiger partial charge in [0.25, 0.3) is 0 Å². The van der Waals surface area contributed by atoms with Crippen molar-refractivity contribution in [1.82, 2.24) is 15.6 Å². The number of carbonyl (C=O) groups excluding carboxylic acids is 3. The minimum atomic E-state index is -0.616. The van der Waals surface area contributed by atoms with Gasteiger partial charge in [0, 0.05) is 33.3 Å². The first-order chi connectivity index (χ1) is 19.9. The lowest BCUT2D eigenvalue weighted by atomic mass is 10.0. The molecule has 0 aliphatic heterocycles. The van der Waals surface area contributed by atoms with E-state index in [4.69, 9.17) is 9.47 Å². The van der Waals surface area contributed by atoms with Crippen molar-refractivity contribution >= 4 is 23.8 Å². The van der Waals surface area contributed by atoms with E-state index in [1.165, 1.54) is 110 Å². The average molecular weight is 577 g/mol. The molecule has 0 fully saturated rings. The van der Waals surface area contributed by atoms with E-state index >= 15 is 0 Å². The fourth-order valence-corrected chi connectivity index (χ4v) is 4.67. The fourth-order valence-electron chi connectivity index (χ4n) is 4.67. The van der Waals surface area contributed by atoms with Gasteiger partial charge in [-0.1, -0.05) is 109 Å². The first-order valence-corrected chi connectivity index (χ1v) is 15.8. The van der Waals surface area contributed by atoms with Gasteiger partial charge >= 0.3 is 12.1 Å². The molecule has 2 N–H and O–H groups in total. The van der Waals surface area contributed by atoms with Crippen molar-refractivity contribution in [3.63, 3.8) is 0 Å². The molecule has 0 radical (unpaired) electrons. The van der Waals surface area contributed by atoms with E-state index in [2.05, 4.69) is 22.5 Å². The van der Waals surface area contributed by atoms with Crippen LogP contribution in [0.15, 0.2) is 18.3 Å². The molecule has 0 aliphatic carbocycles. The second-order valence-corrected chi connectivity index (χ2v) is 10.9. The van der Waals surface area contributed by atoms with Gasteiger partial charge in [0.1, 0.15) is 18.5 Å². The van der Waals surface area contributed by atoms with Crippen LogP contribution in [0.5, 0.6) is 0 Å². The maximum absolute atomic E-state index is 12.7. The van der Waals surface area contributed by atoms with Crippen LogP contribution in [0.25, 0.3) is 0 Å². The Hall–Kier alpha value is -2.68. The lowest BCUT2D eigenvalue weighted by molar-refractivity contribution is -0.115. The van der Waals surface area contributed by atoms with Crippen LogP contribution < -0.4 is 15.5 Å². The number of hydrogen-bond donors (Lipinski definition) is 2. The number of imide groups is 1. The maximum atomic E-state index is 12.7. The van der Waals surface area contributed by atoms with E-state index in [1.807, 2.05) is 0 Å². The third-order valence-electron chi connectivity index (χ3n) is 7.23. The molecular formula is C32H56N4O5. The number of aryl methyl sites for hydroxylation is 1. The number of aromatic nitrogens is 1. The molecule has 0 saturated heterocycles. The molecule has 1 aromatic heterocycles. The summed E-state index contributed by atoms with van der Waals surface area (Å²) >= 11 is 0. The highest BCUT2D eigenvalue weighted by Gasteiger charge is 2.24. The molecular weight excluding hydrogens is 520 g/mol. The second kappa shape index (κ2) is 24.0. The molecule has 9 nitrogen and oxygen atoms in total. The molecule has 1 unspecified atom stereocenters. The van der Waals surface area contributed by atoms with Gasteiger partial charge in [-0.2, -0.15) is 0 Å². The number of hydrogen-bond acceptors (Lipinski definition) is 6. The summed E-state index contributed by atoms with van der Waals surface area (Å²) in [6, 6.07) is 2.89. The highest BCUT2D eigenvalue weighted by molar-refractivity contribution is 6.13. The summed E-state index contributed by atoms with van der Waals surface area (Å²) < 4.78 is 10.6. The summed E-state index contributed by atoms with van der Waals surface area (Å²) in [4.78, 5) is 41.9. The van der Waals surface area contributed by atoms with Gasteiger partial charge in [0.2, 0.25) is 5.91 Å². The number of ether oxygens (including phenoxy) is 2. The van der Waals surface area contributed by atoms with Crippen molar-refractivity contribution < 1.29 is 23.9 Å². The van der Waals surface area contributed by atoms with Crippen molar-refractivity contribution in [1.29, 1.82) is 0 Å². The summed E-state index contributed by atoms with van der Waals surface area (Å²) in [6.07, 6.45) is 21.4. The molecule has 0 saturated carbocycles. The zero-order valence-corrected chi connectivity index (χ0v) is 26.2. The van der Waals surface area contributed by atoms with Gasteiger partial charge in [-0.3, -0.25) is 4.79 Å². The number of alkyl carbamates (subject to hydrolysis) is 1. The maximum Gasteiger partial charge on any atom is 0.407 e. The van der Waals surface area contributed by atoms with Gasteiger partial charge in [-0.05, 0) is 25.0 Å². The number of methoxy groups -OCH3 is 1. The van der Waals surface area contributed by atoms with Gasteiger partial charge in [-0.25, -0.2) is 19.5 Å². The molecule has 41 heavy (non-hydrogen) atoms. The van der Waals surface area contributed by atoms with Gasteiger partial charge in [0.15, 0.2) is 0 Å². The van der Waals surface area contributed by atoms with E-state index in [0.29, 0.717) is 12.1 Å². The van der Waals surface area contributed by atoms with Crippen molar-refractivity contribution in [2.45, 2.75) is 130 Å². The third-order valence-corrected chi connectivity index (χ3v) is 7.23. The van der Waals surface area contributed by atoms with Crippen molar-refractivity contribution in [2.24, 2.45) is 0 Å². The first kappa shape index (κ1) is 36.3. The highest BCUT2D eigenvalue weighted by atomic mass is 16.6. The fraction of sp³-hybridized carbons (Fsp3) is 0.750. The number of anilines is 1. The molecule has 0 spiro atoms. The lowest BCUT2D eigenvalue weighted by Gasteiger charge is -2.22. The number of carbonyl (C=O) groups is 3. The predicted octanol–water partition coefficient (Wildman–Crippen LogP) is 7.46. The number of unbranched alkanes of at least 4 members (excludes halogenated alkanes) is 15. The molecule has 234 valence electrons. The van der Waals surface area contributed by atoms with Crippen LogP contribution in [0.1, 0.15) is 122 Å². The topological polar surface area (TPSA) is 110 Å². The monoisotopic (exact) mass is 576 g/mol. The molecule has 1 rings (SSSR count). The Morgan fingerprint density at radius 3 is 1.88 bits per heavy atom. The zero-order valence-electron chi connectivity index (χ0n) is 26.2. The van der Waals surface area contributed by atoms with Crippen LogP contribution in [0, 0.1) is 6.92 Å². The lowest BCUT2D eigenvalue weighted by Crippen LogP contribution is -2.47. The molecule has 1 aromatic rings. The first-order valence-electron chi connectivity index (χ1n) is 15.8. The van der Waals surface area contributed by atoms with Crippen LogP contribution in [-0.4, -0.2) is 55.9 Å². The largest absolute Gasteiger partial charge is 0.447 e. The van der Waals surface area contributed by atoms with Crippen LogP contribution >= 0.6 is 0 Å². The van der Waals surface area contributed by atoms with Gasteiger partial charge in [0.05, 0.1) is 0 Å². The second-order valence-electron chi connectivity index (χ2n) is 10.9. The van der Waals surface area contributed by atoms with Crippen molar-refractivity contribution in [3.05, 3.63) is 23.9 Å². The summed E-state index contributed by atoms with van der Waals surface area (Å²) in [5.41, 5.74) is 0.700. The smallest absolute Gasteiger partial charge is 0.407 e. The summed E-state index contributed by atoms with van der Waals surface area (Å²) in [5, 5.41) is 5.43. The predicted molar refractivity (Wildman–Crippen MR) is 165 cm³/mol. The summed E-state index contributed by atoms with van der Waals surface area (Å²) in [7, 11) is 1.47. The minimum Gasteiger partial charge on any atom is -0.447 e. The quantitative estimate of drug-likeness (QED) is 0.131. The molecule has 0 bridgehead atoms. The number of urea groups is 1. The Bertz CT molecular complexity index is 851. The number of pyridine rings is 1. The normalized spacial score (nSPS) is 11.6. The van der Waals surface area contributed by atoms with E-state index in [0.717, 1.165) is 17.7 Å². The Morgan fingerprint density at radius 2 is 1.39 bits per heavy atom. The van der Waals surface area contributed by atoms with Gasteiger partial charge < -0.3 is 20.1 Å². The molecule has 0 aromatic carbocycles. The average Bonchev–Trinajstić information content (AvgIpc) is 2.95. The molecule has 9 heteroatoms. The van der Waals surface area contributed by atoms with Gasteiger partial charge in [-0.15, -0.1) is 0 Å². The molecule has 1 heterocycles. The van der Waals surface area contributed by atoms with Crippen LogP contribution in [-0.2, 0) is 14.3 Å². The van der Waals surface area contributed by atoms with E-state index in [1.54, 1.807) is 19.1 Å².